The average molecular weight is 475 g/mol. The second kappa shape index (κ2) is 8.81. The molecule has 0 bridgehead atoms. The third-order valence-corrected chi connectivity index (χ3v) is 6.86. The lowest BCUT2D eigenvalue weighted by atomic mass is 9.91. The van der Waals surface area contributed by atoms with Crippen molar-refractivity contribution in [2.24, 2.45) is 16.5 Å². The summed E-state index contributed by atoms with van der Waals surface area (Å²) in [5.41, 5.74) is 2.82. The van der Waals surface area contributed by atoms with Gasteiger partial charge in [0.05, 0.1) is 18.5 Å². The Morgan fingerprint density at radius 2 is 1.87 bits per heavy atom. The molecule has 1 aliphatic rings. The van der Waals surface area contributed by atoms with Crippen LogP contribution < -0.4 is 0 Å². The van der Waals surface area contributed by atoms with Crippen molar-refractivity contribution in [3.63, 3.8) is 0 Å². The van der Waals surface area contributed by atoms with Crippen molar-refractivity contribution in [2.45, 2.75) is 10.9 Å². The molecule has 4 rings (SSSR count). The molecule has 1 atom stereocenters. The number of rotatable bonds is 4. The number of halogens is 1. The monoisotopic (exact) mass is 474 g/mol. The summed E-state index contributed by atoms with van der Waals surface area (Å²) >= 11 is 7.26. The van der Waals surface area contributed by atoms with Crippen LogP contribution in [-0.4, -0.2) is 52.1 Å². The van der Waals surface area contributed by atoms with Crippen molar-refractivity contribution >= 4 is 44.3 Å². The molecule has 0 radical (unpaired) electrons. The number of thioether (sulfide) groups is 1. The zero-order valence-corrected chi connectivity index (χ0v) is 19.1. The Morgan fingerprint density at radius 1 is 1.16 bits per heavy atom. The van der Waals surface area contributed by atoms with Gasteiger partial charge in [-0.2, -0.15) is 23.4 Å². The van der Waals surface area contributed by atoms with Gasteiger partial charge in [-0.15, -0.1) is 9.50 Å². The molecular formula is C20H19ClN6O2S2. The summed E-state index contributed by atoms with van der Waals surface area (Å²) in [7, 11) is -2.47. The molecule has 3 aromatic rings. The van der Waals surface area contributed by atoms with E-state index < -0.39 is 10.0 Å². The molecule has 1 aliphatic heterocycles. The van der Waals surface area contributed by atoms with Crippen LogP contribution in [0.4, 0.5) is 0 Å². The fraction of sp³-hybridized carbons (Fsp3) is 0.200. The first-order valence-corrected chi connectivity index (χ1v) is 12.3. The maximum absolute atomic E-state index is 12.7. The van der Waals surface area contributed by atoms with Crippen LogP contribution in [0.25, 0.3) is 0 Å². The highest BCUT2D eigenvalue weighted by Gasteiger charge is 2.32. The van der Waals surface area contributed by atoms with Crippen molar-refractivity contribution in [1.82, 2.24) is 20.0 Å². The van der Waals surface area contributed by atoms with Gasteiger partial charge in [-0.05, 0) is 29.5 Å². The van der Waals surface area contributed by atoms with Crippen LogP contribution in [0.15, 0.2) is 75.3 Å². The number of nitrogens with zero attached hydrogens (tertiary/aromatic N) is 6. The largest absolute Gasteiger partial charge is 0.305 e. The van der Waals surface area contributed by atoms with Gasteiger partial charge in [0.2, 0.25) is 5.03 Å². The zero-order chi connectivity index (χ0) is 22.0. The summed E-state index contributed by atoms with van der Waals surface area (Å²) < 4.78 is 29.4. The Balaban J connectivity index is 1.74. The topological polar surface area (TPSA) is 92.8 Å². The van der Waals surface area contributed by atoms with Crippen molar-refractivity contribution < 1.29 is 8.42 Å². The van der Waals surface area contributed by atoms with Gasteiger partial charge < -0.3 is 0 Å². The molecule has 0 N–H and O–H groups in total. The minimum Gasteiger partial charge on any atom is -0.240 e. The van der Waals surface area contributed by atoms with E-state index >= 15 is 0 Å². The van der Waals surface area contributed by atoms with E-state index in [-0.39, 0.29) is 16.1 Å². The molecule has 0 amide bonds. The molecule has 0 aliphatic carbocycles. The van der Waals surface area contributed by atoms with E-state index in [1.165, 1.54) is 22.8 Å². The third kappa shape index (κ3) is 4.65. The van der Waals surface area contributed by atoms with Gasteiger partial charge in [0, 0.05) is 18.0 Å². The first kappa shape index (κ1) is 21.5. The summed E-state index contributed by atoms with van der Waals surface area (Å²) in [4.78, 5) is 1.18. The number of hydrogen-bond acceptors (Lipinski definition) is 6. The Kier molecular flexibility index (Phi) is 6.12. The van der Waals surface area contributed by atoms with Crippen molar-refractivity contribution in [3.8, 4) is 0 Å². The molecule has 8 nitrogen and oxygen atoms in total. The van der Waals surface area contributed by atoms with Crippen LogP contribution >= 0.6 is 23.4 Å². The molecule has 0 saturated heterocycles. The highest BCUT2D eigenvalue weighted by atomic mass is 35.5. The van der Waals surface area contributed by atoms with Crippen molar-refractivity contribution in [1.29, 1.82) is 0 Å². The number of sulfonamides is 1. The minimum absolute atomic E-state index is 0.0565. The Hall–Kier alpha value is -2.69. The van der Waals surface area contributed by atoms with Crippen LogP contribution in [0.2, 0.25) is 5.02 Å². The predicted molar refractivity (Wildman–Crippen MR) is 123 cm³/mol. The molecular weight excluding hydrogens is 456 g/mol. The van der Waals surface area contributed by atoms with Crippen molar-refractivity contribution in [3.05, 3.63) is 76.9 Å². The van der Waals surface area contributed by atoms with Gasteiger partial charge in [-0.25, -0.2) is 5.01 Å². The minimum atomic E-state index is -4.01. The second-order valence-electron chi connectivity index (χ2n) is 6.76. The Morgan fingerprint density at radius 3 is 2.48 bits per heavy atom. The number of amidine groups is 1. The third-order valence-electron chi connectivity index (χ3n) is 4.70. The predicted octanol–water partition coefficient (Wildman–Crippen LogP) is 3.38. The molecule has 160 valence electrons. The first-order chi connectivity index (χ1) is 14.9. The standard InChI is InChI=1S/C20H19ClN6O2S2/c1-26-22-12-18(23-26)31(28,29)25-20(30-2)27-13-17(14-6-4-3-5-7-14)19(24-27)15-8-10-16(21)11-9-15/h3-12,17H,13H2,1-2H3. The molecule has 31 heavy (non-hydrogen) atoms. The van der Waals surface area contributed by atoms with E-state index in [0.29, 0.717) is 11.6 Å². The molecule has 0 saturated carbocycles. The van der Waals surface area contributed by atoms with Gasteiger partial charge in [0.1, 0.15) is 0 Å². The number of hydrogen-bond donors (Lipinski definition) is 0. The van der Waals surface area contributed by atoms with Crippen LogP contribution in [0.5, 0.6) is 0 Å². The van der Waals surface area contributed by atoms with Crippen molar-refractivity contribution in [2.75, 3.05) is 12.8 Å². The summed E-state index contributed by atoms with van der Waals surface area (Å²) in [6, 6.07) is 17.4. The fourth-order valence-electron chi connectivity index (χ4n) is 3.23. The molecule has 2 heterocycles. The Labute approximate surface area is 189 Å². The maximum atomic E-state index is 12.7. The first-order valence-electron chi connectivity index (χ1n) is 9.29. The number of benzene rings is 2. The van der Waals surface area contributed by atoms with E-state index in [1.807, 2.05) is 54.6 Å². The van der Waals surface area contributed by atoms with Crippen LogP contribution in [-0.2, 0) is 17.1 Å². The highest BCUT2D eigenvalue weighted by Crippen LogP contribution is 2.31. The maximum Gasteiger partial charge on any atom is 0.305 e. The van der Waals surface area contributed by atoms with Gasteiger partial charge in [0.15, 0.2) is 5.17 Å². The summed E-state index contributed by atoms with van der Waals surface area (Å²) in [5, 5.41) is 14.8. The lowest BCUT2D eigenvalue weighted by Gasteiger charge is -2.16. The number of aryl methyl sites for hydroxylation is 1. The highest BCUT2D eigenvalue weighted by molar-refractivity contribution is 8.13. The normalized spacial score (nSPS) is 17.1. The van der Waals surface area contributed by atoms with E-state index in [1.54, 1.807) is 18.3 Å². The fourth-order valence-corrected chi connectivity index (χ4v) is 5.07. The molecule has 0 fully saturated rings. The molecule has 11 heteroatoms. The zero-order valence-electron chi connectivity index (χ0n) is 16.8. The summed E-state index contributed by atoms with van der Waals surface area (Å²) in [6.07, 6.45) is 2.94. The second-order valence-corrected chi connectivity index (χ2v) is 9.52. The van der Waals surface area contributed by atoms with E-state index in [0.717, 1.165) is 16.8 Å². The van der Waals surface area contributed by atoms with E-state index in [4.69, 9.17) is 16.7 Å². The van der Waals surface area contributed by atoms with Gasteiger partial charge >= 0.3 is 10.0 Å². The lowest BCUT2D eigenvalue weighted by Crippen LogP contribution is -2.24. The number of hydrazone groups is 1. The van der Waals surface area contributed by atoms with Crippen LogP contribution in [0.1, 0.15) is 17.0 Å². The quantitative estimate of drug-likeness (QED) is 0.425. The van der Waals surface area contributed by atoms with Gasteiger partial charge in [0.25, 0.3) is 0 Å². The molecule has 1 aromatic heterocycles. The summed E-state index contributed by atoms with van der Waals surface area (Å²) in [5.74, 6) is -0.0565. The SMILES string of the molecule is CSC(=NS(=O)(=O)c1cnn(C)n1)N1CC(c2ccccc2)C(c2ccc(Cl)cc2)=N1. The van der Waals surface area contributed by atoms with Gasteiger partial charge in [-0.1, -0.05) is 65.8 Å². The van der Waals surface area contributed by atoms with Crippen LogP contribution in [0, 0.1) is 0 Å². The number of aromatic nitrogens is 3. The Bertz CT molecular complexity index is 1240. The molecule has 0 spiro atoms. The average Bonchev–Trinajstić information content (AvgIpc) is 3.41. The smallest absolute Gasteiger partial charge is 0.240 e. The molecule has 2 aromatic carbocycles. The van der Waals surface area contributed by atoms with Gasteiger partial charge in [-0.3, -0.25) is 0 Å². The molecule has 1 unspecified atom stereocenters. The van der Waals surface area contributed by atoms with E-state index in [2.05, 4.69) is 14.6 Å². The lowest BCUT2D eigenvalue weighted by molar-refractivity contribution is 0.484. The van der Waals surface area contributed by atoms with Crippen LogP contribution in [0.3, 0.4) is 0 Å². The van der Waals surface area contributed by atoms with E-state index in [9.17, 15) is 8.42 Å². The summed E-state index contributed by atoms with van der Waals surface area (Å²) in [6.45, 7) is 0.456.